The van der Waals surface area contributed by atoms with Crippen LogP contribution in [0.3, 0.4) is 0 Å². The van der Waals surface area contributed by atoms with Crippen molar-refractivity contribution < 1.29 is 19.4 Å². The monoisotopic (exact) mass is 264 g/mol. The van der Waals surface area contributed by atoms with Crippen LogP contribution < -0.4 is 4.74 Å². The molecule has 0 aromatic heterocycles. The Balaban J connectivity index is 2.43. The first-order valence-corrected chi connectivity index (χ1v) is 6.61. The quantitative estimate of drug-likeness (QED) is 0.550. The second-order valence-electron chi connectivity index (χ2n) is 4.46. The fourth-order valence-electron chi connectivity index (χ4n) is 1.73. The second kappa shape index (κ2) is 8.29. The van der Waals surface area contributed by atoms with Gasteiger partial charge in [-0.05, 0) is 24.1 Å². The zero-order chi connectivity index (χ0) is 14.1. The molecular weight excluding hydrogens is 244 g/mol. The normalized spacial score (nSPS) is 10.2. The van der Waals surface area contributed by atoms with E-state index in [2.05, 4.69) is 6.92 Å². The largest absolute Gasteiger partial charge is 0.494 e. The van der Waals surface area contributed by atoms with E-state index < -0.39 is 11.8 Å². The maximum atomic E-state index is 11.1. The molecule has 1 rings (SSSR count). The number of benzene rings is 1. The Morgan fingerprint density at radius 3 is 2.68 bits per heavy atom. The van der Waals surface area contributed by atoms with Gasteiger partial charge < -0.3 is 9.84 Å². The van der Waals surface area contributed by atoms with Crippen molar-refractivity contribution in [1.82, 2.24) is 0 Å². The lowest BCUT2D eigenvalue weighted by Crippen LogP contribution is -2.15. The maximum Gasteiger partial charge on any atom is 0.372 e. The molecule has 4 heteroatoms. The highest BCUT2D eigenvalue weighted by molar-refractivity contribution is 6.33. The number of carboxylic acid groups (broad SMARTS) is 1. The first kappa shape index (κ1) is 15.2. The molecule has 0 spiro atoms. The molecule has 104 valence electrons. The Morgan fingerprint density at radius 2 is 2.00 bits per heavy atom. The van der Waals surface area contributed by atoms with Gasteiger partial charge in [-0.15, -0.1) is 0 Å². The molecule has 0 unspecified atom stereocenters. The van der Waals surface area contributed by atoms with Gasteiger partial charge in [0.2, 0.25) is 5.78 Å². The summed E-state index contributed by atoms with van der Waals surface area (Å²) in [6.45, 7) is 2.81. The van der Waals surface area contributed by atoms with Crippen molar-refractivity contribution in [2.45, 2.75) is 39.0 Å². The van der Waals surface area contributed by atoms with Crippen LogP contribution in [0, 0.1) is 0 Å². The minimum atomic E-state index is -1.40. The third-order valence-corrected chi connectivity index (χ3v) is 2.77. The van der Waals surface area contributed by atoms with Gasteiger partial charge in [-0.2, -0.15) is 0 Å². The average molecular weight is 264 g/mol. The summed E-state index contributed by atoms with van der Waals surface area (Å²) in [5, 5.41) is 8.56. The van der Waals surface area contributed by atoms with E-state index in [1.54, 1.807) is 18.2 Å². The van der Waals surface area contributed by atoms with Crippen molar-refractivity contribution in [1.29, 1.82) is 0 Å². The van der Waals surface area contributed by atoms with Gasteiger partial charge in [-0.1, -0.05) is 38.3 Å². The third-order valence-electron chi connectivity index (χ3n) is 2.77. The lowest BCUT2D eigenvalue weighted by molar-refractivity contribution is -0.148. The van der Waals surface area contributed by atoms with Crippen molar-refractivity contribution in [2.75, 3.05) is 6.61 Å². The Morgan fingerprint density at radius 1 is 1.21 bits per heavy atom. The minimum Gasteiger partial charge on any atom is -0.494 e. The summed E-state index contributed by atoms with van der Waals surface area (Å²) in [4.78, 5) is 21.6. The summed E-state index contributed by atoms with van der Waals surface area (Å²) in [5.41, 5.74) is 0.665. The molecule has 1 N–H and O–H groups in total. The summed E-state index contributed by atoms with van der Waals surface area (Å²) in [6.07, 6.45) is 4.45. The van der Waals surface area contributed by atoms with E-state index in [0.29, 0.717) is 17.9 Å². The zero-order valence-electron chi connectivity index (χ0n) is 11.2. The number of rotatable bonds is 9. The van der Waals surface area contributed by atoms with E-state index in [1.807, 2.05) is 6.07 Å². The van der Waals surface area contributed by atoms with E-state index >= 15 is 0 Å². The van der Waals surface area contributed by atoms with E-state index in [0.717, 1.165) is 12.8 Å². The van der Waals surface area contributed by atoms with Gasteiger partial charge >= 0.3 is 5.97 Å². The first-order chi connectivity index (χ1) is 9.13. The fraction of sp³-hybridized carbons (Fsp3) is 0.467. The van der Waals surface area contributed by atoms with Crippen LogP contribution in [0.2, 0.25) is 0 Å². The molecule has 0 atom stereocenters. The van der Waals surface area contributed by atoms with Crippen LogP contribution in [0.4, 0.5) is 0 Å². The molecule has 0 aliphatic carbocycles. The minimum absolute atomic E-state index is 0.0949. The molecule has 0 fully saturated rings. The summed E-state index contributed by atoms with van der Waals surface area (Å²) in [7, 11) is 0. The SMILES string of the molecule is CCCCCCOc1cccc(CC(=O)C(=O)O)c1. The molecular formula is C15H20O4. The van der Waals surface area contributed by atoms with Crippen molar-refractivity contribution in [3.05, 3.63) is 29.8 Å². The Hall–Kier alpha value is -1.84. The molecule has 0 radical (unpaired) electrons. The fourth-order valence-corrected chi connectivity index (χ4v) is 1.73. The highest BCUT2D eigenvalue weighted by Gasteiger charge is 2.12. The van der Waals surface area contributed by atoms with Crippen molar-refractivity contribution in [3.63, 3.8) is 0 Å². The van der Waals surface area contributed by atoms with Gasteiger partial charge in [0, 0.05) is 6.42 Å². The molecule has 1 aromatic carbocycles. The number of carboxylic acids is 1. The summed E-state index contributed by atoms with van der Waals surface area (Å²) >= 11 is 0. The van der Waals surface area contributed by atoms with Crippen LogP contribution in [0.5, 0.6) is 5.75 Å². The molecule has 1 aromatic rings. The van der Waals surface area contributed by atoms with Crippen molar-refractivity contribution >= 4 is 11.8 Å². The van der Waals surface area contributed by atoms with Crippen LogP contribution >= 0.6 is 0 Å². The van der Waals surface area contributed by atoms with Crippen LogP contribution in [0.25, 0.3) is 0 Å². The number of aliphatic carboxylic acids is 1. The Kier molecular flexibility index (Phi) is 6.64. The van der Waals surface area contributed by atoms with Gasteiger partial charge in [-0.3, -0.25) is 4.79 Å². The molecule has 0 saturated carbocycles. The van der Waals surface area contributed by atoms with Crippen LogP contribution in [0.1, 0.15) is 38.2 Å². The molecule has 0 aliphatic rings. The van der Waals surface area contributed by atoms with E-state index in [1.165, 1.54) is 12.8 Å². The van der Waals surface area contributed by atoms with E-state index in [9.17, 15) is 9.59 Å². The van der Waals surface area contributed by atoms with Gasteiger partial charge in [0.1, 0.15) is 5.75 Å². The van der Waals surface area contributed by atoms with Gasteiger partial charge in [0.25, 0.3) is 0 Å². The maximum absolute atomic E-state index is 11.1. The molecule has 0 heterocycles. The highest BCUT2D eigenvalue weighted by Crippen LogP contribution is 2.14. The van der Waals surface area contributed by atoms with E-state index in [4.69, 9.17) is 9.84 Å². The number of Topliss-reactive ketones (excluding diaryl/α,β-unsaturated/α-hetero) is 1. The third kappa shape index (κ3) is 6.04. The van der Waals surface area contributed by atoms with E-state index in [-0.39, 0.29) is 6.42 Å². The summed E-state index contributed by atoms with van der Waals surface area (Å²) < 4.78 is 5.58. The number of hydrogen-bond donors (Lipinski definition) is 1. The first-order valence-electron chi connectivity index (χ1n) is 6.61. The molecule has 19 heavy (non-hydrogen) atoms. The number of ether oxygens (including phenoxy) is 1. The summed E-state index contributed by atoms with van der Waals surface area (Å²) in [6, 6.07) is 7.03. The Bertz CT molecular complexity index is 426. The molecule has 4 nitrogen and oxygen atoms in total. The Labute approximate surface area is 113 Å². The predicted molar refractivity (Wildman–Crippen MR) is 72.4 cm³/mol. The number of carbonyl (C=O) groups is 2. The predicted octanol–water partition coefficient (Wildman–Crippen LogP) is 2.84. The number of unbranched alkanes of at least 4 members (excludes halogenated alkanes) is 3. The second-order valence-corrected chi connectivity index (χ2v) is 4.46. The standard InChI is InChI=1S/C15H20O4/c1-2-3-4-5-9-19-13-8-6-7-12(10-13)11-14(16)15(17)18/h6-8,10H,2-5,9,11H2,1H3,(H,17,18). The van der Waals surface area contributed by atoms with Crippen LogP contribution in [-0.4, -0.2) is 23.5 Å². The van der Waals surface area contributed by atoms with Gasteiger partial charge in [-0.25, -0.2) is 4.79 Å². The molecule has 0 aliphatic heterocycles. The van der Waals surface area contributed by atoms with Crippen LogP contribution in [-0.2, 0) is 16.0 Å². The average Bonchev–Trinajstić information content (AvgIpc) is 2.39. The van der Waals surface area contributed by atoms with Gasteiger partial charge in [0.15, 0.2) is 0 Å². The van der Waals surface area contributed by atoms with Crippen LogP contribution in [0.15, 0.2) is 24.3 Å². The lowest BCUT2D eigenvalue weighted by atomic mass is 10.1. The lowest BCUT2D eigenvalue weighted by Gasteiger charge is -2.07. The molecule has 0 amide bonds. The topological polar surface area (TPSA) is 63.6 Å². The number of carbonyl (C=O) groups excluding carboxylic acids is 1. The number of ketones is 1. The zero-order valence-corrected chi connectivity index (χ0v) is 11.2. The highest BCUT2D eigenvalue weighted by atomic mass is 16.5. The molecule has 0 bridgehead atoms. The van der Waals surface area contributed by atoms with Crippen molar-refractivity contribution in [3.8, 4) is 5.75 Å². The summed E-state index contributed by atoms with van der Waals surface area (Å²) in [5.74, 6) is -1.52. The van der Waals surface area contributed by atoms with Gasteiger partial charge in [0.05, 0.1) is 6.61 Å². The number of hydrogen-bond acceptors (Lipinski definition) is 3. The smallest absolute Gasteiger partial charge is 0.372 e. The van der Waals surface area contributed by atoms with Crippen molar-refractivity contribution in [2.24, 2.45) is 0 Å². The molecule has 0 saturated heterocycles.